The molecule has 1 heterocycles. The number of nitrogens with zero attached hydrogens (tertiary/aromatic N) is 1. The Morgan fingerprint density at radius 2 is 1.94 bits per heavy atom. The molecule has 0 spiro atoms. The zero-order valence-corrected chi connectivity index (χ0v) is 12.7. The Morgan fingerprint density at radius 3 is 2.41 bits per heavy atom. The van der Waals surface area contributed by atoms with Gasteiger partial charge in [0.25, 0.3) is 0 Å². The Morgan fingerprint density at radius 1 is 1.29 bits per heavy atom. The van der Waals surface area contributed by atoms with E-state index in [1.165, 1.54) is 25.8 Å². The first kappa shape index (κ1) is 15.0. The zero-order valence-electron chi connectivity index (χ0n) is 12.7. The molecule has 3 unspecified atom stereocenters. The monoisotopic (exact) mass is 240 g/mol. The number of rotatable bonds is 4. The molecule has 1 aliphatic rings. The average molecular weight is 240 g/mol. The minimum Gasteiger partial charge on any atom is -0.311 e. The van der Waals surface area contributed by atoms with Crippen LogP contribution in [0.1, 0.15) is 60.8 Å². The Hall–Kier alpha value is -0.0800. The third-order valence-electron chi connectivity index (χ3n) is 4.23. The van der Waals surface area contributed by atoms with Crippen LogP contribution in [0.15, 0.2) is 0 Å². The lowest BCUT2D eigenvalue weighted by atomic mass is 9.82. The maximum absolute atomic E-state index is 3.74. The molecule has 1 rings (SSSR count). The van der Waals surface area contributed by atoms with E-state index in [2.05, 4.69) is 51.8 Å². The number of hydrogen-bond donors (Lipinski definition) is 1. The molecule has 3 atom stereocenters. The van der Waals surface area contributed by atoms with Gasteiger partial charge in [0, 0.05) is 31.2 Å². The van der Waals surface area contributed by atoms with Crippen molar-refractivity contribution in [1.29, 1.82) is 0 Å². The van der Waals surface area contributed by atoms with Crippen LogP contribution in [0.2, 0.25) is 0 Å². The summed E-state index contributed by atoms with van der Waals surface area (Å²) in [5.74, 6) is 0. The molecule has 2 heteroatoms. The van der Waals surface area contributed by atoms with Gasteiger partial charge < -0.3 is 5.32 Å². The summed E-state index contributed by atoms with van der Waals surface area (Å²) in [5.41, 5.74) is 0.369. The molecule has 1 N–H and O–H groups in total. The molecule has 1 saturated heterocycles. The third kappa shape index (κ3) is 3.96. The highest BCUT2D eigenvalue weighted by Crippen LogP contribution is 2.29. The average Bonchev–Trinajstić information content (AvgIpc) is 2.27. The summed E-state index contributed by atoms with van der Waals surface area (Å²) in [6.07, 6.45) is 3.85. The van der Waals surface area contributed by atoms with Crippen LogP contribution in [0.3, 0.4) is 0 Å². The second-order valence-electron chi connectivity index (χ2n) is 6.73. The highest BCUT2D eigenvalue weighted by Gasteiger charge is 2.36. The van der Waals surface area contributed by atoms with Crippen LogP contribution < -0.4 is 5.32 Å². The fourth-order valence-electron chi connectivity index (χ4n) is 2.91. The first-order valence-electron chi connectivity index (χ1n) is 7.39. The third-order valence-corrected chi connectivity index (χ3v) is 4.23. The largest absolute Gasteiger partial charge is 0.311 e. The molecule has 0 amide bonds. The molecule has 0 radical (unpaired) electrons. The number of piperazine rings is 1. The standard InChI is InChI=1S/C15H32N2/c1-7-9-13-11-17(12(3)8-2)14(10-16-13)15(4,5)6/h12-14,16H,7-11H2,1-6H3. The SMILES string of the molecule is CCCC1CN(C(C)CC)C(C(C)(C)C)CN1. The van der Waals surface area contributed by atoms with Crippen molar-refractivity contribution in [2.24, 2.45) is 5.41 Å². The highest BCUT2D eigenvalue weighted by molar-refractivity contribution is 4.94. The van der Waals surface area contributed by atoms with E-state index in [4.69, 9.17) is 0 Å². The van der Waals surface area contributed by atoms with Gasteiger partial charge in [-0.05, 0) is 25.2 Å². The predicted molar refractivity (Wildman–Crippen MR) is 76.4 cm³/mol. The van der Waals surface area contributed by atoms with E-state index in [9.17, 15) is 0 Å². The van der Waals surface area contributed by atoms with Gasteiger partial charge in [0.2, 0.25) is 0 Å². The molecule has 2 nitrogen and oxygen atoms in total. The summed E-state index contributed by atoms with van der Waals surface area (Å²) in [6, 6.07) is 2.08. The van der Waals surface area contributed by atoms with Crippen molar-refractivity contribution in [3.63, 3.8) is 0 Å². The van der Waals surface area contributed by atoms with E-state index in [1.54, 1.807) is 0 Å². The molecular formula is C15H32N2. The fourth-order valence-corrected chi connectivity index (χ4v) is 2.91. The van der Waals surface area contributed by atoms with Gasteiger partial charge in [-0.15, -0.1) is 0 Å². The van der Waals surface area contributed by atoms with Crippen LogP contribution in [0.5, 0.6) is 0 Å². The van der Waals surface area contributed by atoms with Crippen LogP contribution in [0.25, 0.3) is 0 Å². The van der Waals surface area contributed by atoms with Gasteiger partial charge in [-0.25, -0.2) is 0 Å². The van der Waals surface area contributed by atoms with Gasteiger partial charge in [0.15, 0.2) is 0 Å². The predicted octanol–water partition coefficient (Wildman–Crippen LogP) is 3.27. The van der Waals surface area contributed by atoms with Crippen molar-refractivity contribution in [2.45, 2.75) is 78.9 Å². The van der Waals surface area contributed by atoms with Gasteiger partial charge in [0.05, 0.1) is 0 Å². The summed E-state index contributed by atoms with van der Waals surface area (Å²) in [5, 5.41) is 3.74. The molecule has 0 aromatic carbocycles. The molecule has 0 bridgehead atoms. The first-order valence-corrected chi connectivity index (χ1v) is 7.39. The van der Waals surface area contributed by atoms with Crippen molar-refractivity contribution in [2.75, 3.05) is 13.1 Å². The van der Waals surface area contributed by atoms with Gasteiger partial charge in [0.1, 0.15) is 0 Å². The summed E-state index contributed by atoms with van der Waals surface area (Å²) in [4.78, 5) is 2.75. The smallest absolute Gasteiger partial charge is 0.0272 e. The lowest BCUT2D eigenvalue weighted by molar-refractivity contribution is 0.0232. The number of nitrogens with one attached hydrogen (secondary N) is 1. The second-order valence-corrected chi connectivity index (χ2v) is 6.73. The van der Waals surface area contributed by atoms with E-state index in [-0.39, 0.29) is 0 Å². The summed E-state index contributed by atoms with van der Waals surface area (Å²) < 4.78 is 0. The lowest BCUT2D eigenvalue weighted by Crippen LogP contribution is -2.62. The second kappa shape index (κ2) is 6.19. The van der Waals surface area contributed by atoms with E-state index in [1.807, 2.05) is 0 Å². The molecular weight excluding hydrogens is 208 g/mol. The van der Waals surface area contributed by atoms with Gasteiger partial charge in [-0.3, -0.25) is 4.90 Å². The molecule has 1 aliphatic heterocycles. The van der Waals surface area contributed by atoms with Crippen molar-refractivity contribution in [3.8, 4) is 0 Å². The zero-order chi connectivity index (χ0) is 13.1. The Labute approximate surface area is 108 Å². The summed E-state index contributed by atoms with van der Waals surface area (Å²) >= 11 is 0. The Kier molecular flexibility index (Phi) is 5.46. The molecule has 0 aliphatic carbocycles. The van der Waals surface area contributed by atoms with Crippen molar-refractivity contribution >= 4 is 0 Å². The van der Waals surface area contributed by atoms with Crippen LogP contribution >= 0.6 is 0 Å². The van der Waals surface area contributed by atoms with Crippen LogP contribution in [-0.4, -0.2) is 36.1 Å². The first-order chi connectivity index (χ1) is 7.90. The van der Waals surface area contributed by atoms with Crippen molar-refractivity contribution < 1.29 is 0 Å². The summed E-state index contributed by atoms with van der Waals surface area (Å²) in [6.45, 7) is 16.5. The van der Waals surface area contributed by atoms with Gasteiger partial charge in [-0.1, -0.05) is 41.0 Å². The maximum Gasteiger partial charge on any atom is 0.0272 e. The fraction of sp³-hybridized carbons (Fsp3) is 1.00. The molecule has 102 valence electrons. The molecule has 0 aromatic rings. The topological polar surface area (TPSA) is 15.3 Å². The van der Waals surface area contributed by atoms with Crippen molar-refractivity contribution in [1.82, 2.24) is 10.2 Å². The van der Waals surface area contributed by atoms with Crippen LogP contribution in [-0.2, 0) is 0 Å². The van der Waals surface area contributed by atoms with E-state index in [0.29, 0.717) is 23.5 Å². The maximum atomic E-state index is 3.74. The van der Waals surface area contributed by atoms with E-state index in [0.717, 1.165) is 6.54 Å². The lowest BCUT2D eigenvalue weighted by Gasteiger charge is -2.49. The van der Waals surface area contributed by atoms with Gasteiger partial charge in [-0.2, -0.15) is 0 Å². The number of hydrogen-bond acceptors (Lipinski definition) is 2. The summed E-state index contributed by atoms with van der Waals surface area (Å²) in [7, 11) is 0. The van der Waals surface area contributed by atoms with Crippen molar-refractivity contribution in [3.05, 3.63) is 0 Å². The normalized spacial score (nSPS) is 29.3. The Balaban J connectivity index is 2.72. The van der Waals surface area contributed by atoms with E-state index < -0.39 is 0 Å². The quantitative estimate of drug-likeness (QED) is 0.811. The van der Waals surface area contributed by atoms with Crippen LogP contribution in [0.4, 0.5) is 0 Å². The minimum atomic E-state index is 0.369. The molecule has 0 aromatic heterocycles. The van der Waals surface area contributed by atoms with Gasteiger partial charge >= 0.3 is 0 Å². The van der Waals surface area contributed by atoms with E-state index >= 15 is 0 Å². The molecule has 0 saturated carbocycles. The van der Waals surface area contributed by atoms with Crippen LogP contribution in [0, 0.1) is 5.41 Å². The Bertz CT molecular complexity index is 219. The molecule has 17 heavy (non-hydrogen) atoms. The minimum absolute atomic E-state index is 0.369. The molecule has 1 fully saturated rings. The highest BCUT2D eigenvalue weighted by atomic mass is 15.3.